The van der Waals surface area contributed by atoms with E-state index in [1.165, 1.54) is 12.1 Å². The predicted molar refractivity (Wildman–Crippen MR) is 139 cm³/mol. The summed E-state index contributed by atoms with van der Waals surface area (Å²) in [6.07, 6.45) is -1.22. The quantitative estimate of drug-likeness (QED) is 0.340. The SMILES string of the molecule is COc1ccc(C(=O)NC(NC(=S)N=C2C(=O)N(c3ccccc3)N(C)C2C)C(Cl)(Cl)Cl)cc1. The van der Waals surface area contributed by atoms with Crippen molar-refractivity contribution in [1.29, 1.82) is 0 Å². The van der Waals surface area contributed by atoms with Crippen LogP contribution in [0.15, 0.2) is 59.6 Å². The highest BCUT2D eigenvalue weighted by atomic mass is 35.6. The van der Waals surface area contributed by atoms with Gasteiger partial charge in [-0.3, -0.25) is 9.59 Å². The van der Waals surface area contributed by atoms with E-state index in [0.29, 0.717) is 17.0 Å². The number of thiocarbonyl (C=S) groups is 1. The van der Waals surface area contributed by atoms with Crippen molar-refractivity contribution in [3.8, 4) is 5.75 Å². The summed E-state index contributed by atoms with van der Waals surface area (Å²) >= 11 is 23.5. The second kappa shape index (κ2) is 10.9. The fraction of sp³-hybridized carbons (Fsp3) is 0.273. The van der Waals surface area contributed by atoms with Gasteiger partial charge in [-0.25, -0.2) is 15.0 Å². The second-order valence-corrected chi connectivity index (χ2v) is 10.1. The maximum Gasteiger partial charge on any atom is 0.289 e. The van der Waals surface area contributed by atoms with Gasteiger partial charge in [-0.1, -0.05) is 53.0 Å². The summed E-state index contributed by atoms with van der Waals surface area (Å²) < 4.78 is 3.12. The van der Waals surface area contributed by atoms with E-state index in [2.05, 4.69) is 15.6 Å². The predicted octanol–water partition coefficient (Wildman–Crippen LogP) is 3.72. The number of amides is 2. The molecule has 34 heavy (non-hydrogen) atoms. The van der Waals surface area contributed by atoms with Gasteiger partial charge in [-0.05, 0) is 55.5 Å². The normalized spacial score (nSPS) is 18.6. The zero-order chi connectivity index (χ0) is 25.0. The molecule has 12 heteroatoms. The monoisotopic (exact) mass is 541 g/mol. The number of ether oxygens (including phenoxy) is 1. The molecule has 0 radical (unpaired) electrons. The summed E-state index contributed by atoms with van der Waals surface area (Å²) in [4.78, 5) is 30.0. The van der Waals surface area contributed by atoms with E-state index in [0.717, 1.165) is 0 Å². The van der Waals surface area contributed by atoms with Crippen molar-refractivity contribution in [1.82, 2.24) is 15.6 Å². The Morgan fingerprint density at radius 1 is 1.12 bits per heavy atom. The first-order valence-corrected chi connectivity index (χ1v) is 11.6. The molecule has 2 unspecified atom stereocenters. The third kappa shape index (κ3) is 5.97. The Morgan fingerprint density at radius 2 is 1.74 bits per heavy atom. The van der Waals surface area contributed by atoms with Crippen molar-refractivity contribution < 1.29 is 14.3 Å². The number of para-hydroxylation sites is 1. The molecule has 0 aromatic heterocycles. The molecule has 3 rings (SSSR count). The molecule has 2 N–H and O–H groups in total. The van der Waals surface area contributed by atoms with E-state index in [1.54, 1.807) is 36.3 Å². The van der Waals surface area contributed by atoms with E-state index < -0.39 is 15.9 Å². The van der Waals surface area contributed by atoms with Gasteiger partial charge in [0.25, 0.3) is 11.8 Å². The largest absolute Gasteiger partial charge is 0.497 e. The van der Waals surface area contributed by atoms with Gasteiger partial charge < -0.3 is 15.4 Å². The number of anilines is 1. The van der Waals surface area contributed by atoms with Crippen LogP contribution in [0.5, 0.6) is 5.75 Å². The minimum Gasteiger partial charge on any atom is -0.497 e. The van der Waals surface area contributed by atoms with E-state index in [1.807, 2.05) is 37.3 Å². The third-order valence-electron chi connectivity index (χ3n) is 5.13. The number of benzene rings is 2. The van der Waals surface area contributed by atoms with Crippen LogP contribution in [0.3, 0.4) is 0 Å². The van der Waals surface area contributed by atoms with Crippen molar-refractivity contribution >= 4 is 75.3 Å². The topological polar surface area (TPSA) is 86.3 Å². The van der Waals surface area contributed by atoms with Gasteiger partial charge in [0.05, 0.1) is 18.8 Å². The van der Waals surface area contributed by atoms with Crippen LogP contribution in [0, 0.1) is 0 Å². The minimum atomic E-state index is -1.97. The fourth-order valence-corrected chi connectivity index (χ4v) is 3.76. The molecule has 2 atom stereocenters. The smallest absolute Gasteiger partial charge is 0.289 e. The van der Waals surface area contributed by atoms with E-state index in [-0.39, 0.29) is 22.8 Å². The third-order valence-corrected chi connectivity index (χ3v) is 5.99. The number of carbonyl (C=O) groups excluding carboxylic acids is 2. The Hall–Kier alpha value is -2.43. The van der Waals surface area contributed by atoms with Crippen LogP contribution in [-0.4, -0.2) is 57.8 Å². The maximum absolute atomic E-state index is 13.1. The Kier molecular flexibility index (Phi) is 8.38. The highest BCUT2D eigenvalue weighted by molar-refractivity contribution is 7.80. The van der Waals surface area contributed by atoms with Gasteiger partial charge in [-0.2, -0.15) is 0 Å². The first-order chi connectivity index (χ1) is 16.0. The molecule has 1 fully saturated rings. The number of methoxy groups -OCH3 is 1. The lowest BCUT2D eigenvalue weighted by atomic mass is 10.2. The number of halogens is 3. The average Bonchev–Trinajstić information content (AvgIpc) is 3.01. The Morgan fingerprint density at radius 3 is 2.29 bits per heavy atom. The fourth-order valence-electron chi connectivity index (χ4n) is 3.21. The van der Waals surface area contributed by atoms with Gasteiger partial charge in [-0.15, -0.1) is 0 Å². The molecule has 0 aliphatic carbocycles. The molecule has 2 amide bonds. The highest BCUT2D eigenvalue weighted by Gasteiger charge is 2.41. The Bertz CT molecular complexity index is 1090. The van der Waals surface area contributed by atoms with Crippen LogP contribution in [0.1, 0.15) is 17.3 Å². The van der Waals surface area contributed by atoms with Crippen molar-refractivity contribution in [2.24, 2.45) is 4.99 Å². The van der Waals surface area contributed by atoms with Gasteiger partial charge in [0.15, 0.2) is 5.11 Å². The molecular formula is C22H22Cl3N5O3S. The zero-order valence-corrected chi connectivity index (χ0v) is 21.5. The number of hydrogen-bond acceptors (Lipinski definition) is 5. The molecule has 8 nitrogen and oxygen atoms in total. The summed E-state index contributed by atoms with van der Waals surface area (Å²) in [5.74, 6) is -0.255. The first-order valence-electron chi connectivity index (χ1n) is 10.1. The highest BCUT2D eigenvalue weighted by Crippen LogP contribution is 2.30. The number of aliphatic imine (C=N–C) groups is 1. The lowest BCUT2D eigenvalue weighted by molar-refractivity contribution is -0.113. The van der Waals surface area contributed by atoms with Gasteiger partial charge in [0.2, 0.25) is 3.79 Å². The number of alkyl halides is 3. The van der Waals surface area contributed by atoms with Crippen LogP contribution in [0.25, 0.3) is 0 Å². The summed E-state index contributed by atoms with van der Waals surface area (Å²) in [6, 6.07) is 15.2. The molecule has 180 valence electrons. The van der Waals surface area contributed by atoms with E-state index >= 15 is 0 Å². The maximum atomic E-state index is 13.1. The van der Waals surface area contributed by atoms with Crippen LogP contribution < -0.4 is 20.4 Å². The van der Waals surface area contributed by atoms with Crippen LogP contribution >= 0.6 is 47.0 Å². The lowest BCUT2D eigenvalue weighted by Gasteiger charge is -2.26. The lowest BCUT2D eigenvalue weighted by Crippen LogP contribution is -2.54. The number of rotatable bonds is 5. The van der Waals surface area contributed by atoms with Crippen LogP contribution in [0.4, 0.5) is 5.69 Å². The van der Waals surface area contributed by atoms with Crippen molar-refractivity contribution in [3.63, 3.8) is 0 Å². The molecule has 1 aliphatic heterocycles. The van der Waals surface area contributed by atoms with Crippen molar-refractivity contribution in [2.75, 3.05) is 19.2 Å². The summed E-state index contributed by atoms with van der Waals surface area (Å²) in [7, 11) is 3.29. The van der Waals surface area contributed by atoms with Crippen molar-refractivity contribution in [2.45, 2.75) is 22.9 Å². The molecule has 0 spiro atoms. The van der Waals surface area contributed by atoms with Crippen LogP contribution in [-0.2, 0) is 4.79 Å². The second-order valence-electron chi connectivity index (χ2n) is 7.33. The Balaban J connectivity index is 1.76. The number of hydrogen-bond donors (Lipinski definition) is 2. The number of hydrazine groups is 1. The Labute approximate surface area is 217 Å². The standard InChI is InChI=1S/C22H22Cl3N5O3S/c1-13-17(19(32)30(29(13)2)15-7-5-4-6-8-15)26-21(34)28-20(22(23,24)25)27-18(31)14-9-11-16(33-3)12-10-14/h4-13,20H,1-3H3,(H,27,31)(H,28,34). The first kappa shape index (κ1) is 26.2. The summed E-state index contributed by atoms with van der Waals surface area (Å²) in [5, 5.41) is 8.43. The number of nitrogens with one attached hydrogen (secondary N) is 2. The molecule has 0 bridgehead atoms. The molecule has 1 aliphatic rings. The molecule has 1 heterocycles. The van der Waals surface area contributed by atoms with E-state index in [9.17, 15) is 9.59 Å². The average molecular weight is 543 g/mol. The number of nitrogens with zero attached hydrogens (tertiary/aromatic N) is 3. The molecule has 1 saturated heterocycles. The summed E-state index contributed by atoms with van der Waals surface area (Å²) in [5.41, 5.74) is 1.21. The van der Waals surface area contributed by atoms with E-state index in [4.69, 9.17) is 51.8 Å². The molecule has 2 aromatic rings. The van der Waals surface area contributed by atoms with Crippen LogP contribution in [0.2, 0.25) is 0 Å². The minimum absolute atomic E-state index is 0.120. The van der Waals surface area contributed by atoms with Gasteiger partial charge in [0, 0.05) is 12.6 Å². The van der Waals surface area contributed by atoms with Crippen molar-refractivity contribution in [3.05, 3.63) is 60.2 Å². The number of carbonyl (C=O) groups is 2. The molecular weight excluding hydrogens is 521 g/mol. The molecule has 0 saturated carbocycles. The molecule has 2 aromatic carbocycles. The zero-order valence-electron chi connectivity index (χ0n) is 18.5. The van der Waals surface area contributed by atoms with Gasteiger partial charge in [0.1, 0.15) is 17.6 Å². The van der Waals surface area contributed by atoms with Gasteiger partial charge >= 0.3 is 0 Å². The summed E-state index contributed by atoms with van der Waals surface area (Å²) in [6.45, 7) is 1.82.